The Bertz CT molecular complexity index is 403. The van der Waals surface area contributed by atoms with Crippen LogP contribution in [0.25, 0.3) is 0 Å². The van der Waals surface area contributed by atoms with Gasteiger partial charge in [-0.15, -0.1) is 0 Å². The minimum absolute atomic E-state index is 0.481. The SMILES string of the molecule is Cc1nc(Cl)c(N2CCOCC2)c(Cl)c1C. The molecule has 0 bridgehead atoms. The van der Waals surface area contributed by atoms with Gasteiger partial charge in [-0.2, -0.15) is 0 Å². The third-order valence-electron chi connectivity index (χ3n) is 2.87. The molecule has 2 rings (SSSR count). The quantitative estimate of drug-likeness (QED) is 0.727. The Labute approximate surface area is 105 Å². The molecule has 1 aliphatic rings. The van der Waals surface area contributed by atoms with E-state index >= 15 is 0 Å². The molecule has 1 aliphatic heterocycles. The largest absolute Gasteiger partial charge is 0.378 e. The zero-order valence-corrected chi connectivity index (χ0v) is 10.9. The zero-order valence-electron chi connectivity index (χ0n) is 9.39. The van der Waals surface area contributed by atoms with Crippen molar-refractivity contribution in [2.24, 2.45) is 0 Å². The maximum absolute atomic E-state index is 6.33. The molecule has 16 heavy (non-hydrogen) atoms. The van der Waals surface area contributed by atoms with Crippen molar-refractivity contribution in [1.82, 2.24) is 4.98 Å². The van der Waals surface area contributed by atoms with Crippen LogP contribution in [0.4, 0.5) is 5.69 Å². The maximum atomic E-state index is 6.33. The van der Waals surface area contributed by atoms with Crippen LogP contribution in [0.2, 0.25) is 10.2 Å². The molecule has 3 nitrogen and oxygen atoms in total. The first kappa shape index (κ1) is 12.0. The second-order valence-corrected chi connectivity index (χ2v) is 4.61. The number of ether oxygens (including phenoxy) is 1. The Morgan fingerprint density at radius 2 is 1.81 bits per heavy atom. The number of nitrogens with zero attached hydrogens (tertiary/aromatic N) is 2. The van der Waals surface area contributed by atoms with E-state index in [4.69, 9.17) is 27.9 Å². The van der Waals surface area contributed by atoms with Gasteiger partial charge in [0.1, 0.15) is 0 Å². The normalized spacial score (nSPS) is 16.6. The fraction of sp³-hybridized carbons (Fsp3) is 0.545. The summed E-state index contributed by atoms with van der Waals surface area (Å²) < 4.78 is 5.31. The van der Waals surface area contributed by atoms with E-state index in [2.05, 4.69) is 9.88 Å². The number of aromatic nitrogens is 1. The molecule has 0 unspecified atom stereocenters. The van der Waals surface area contributed by atoms with Crippen molar-refractivity contribution in [2.75, 3.05) is 31.2 Å². The zero-order chi connectivity index (χ0) is 11.7. The predicted octanol–water partition coefficient (Wildman–Crippen LogP) is 2.84. The fourth-order valence-electron chi connectivity index (χ4n) is 1.77. The molecule has 1 saturated heterocycles. The number of rotatable bonds is 1. The third-order valence-corrected chi connectivity index (χ3v) is 3.59. The van der Waals surface area contributed by atoms with Gasteiger partial charge in [0.15, 0.2) is 5.15 Å². The first-order chi connectivity index (χ1) is 7.61. The van der Waals surface area contributed by atoms with Gasteiger partial charge in [-0.1, -0.05) is 23.2 Å². The van der Waals surface area contributed by atoms with Crippen molar-refractivity contribution >= 4 is 28.9 Å². The molecule has 0 aliphatic carbocycles. The minimum atomic E-state index is 0.481. The second kappa shape index (κ2) is 4.78. The predicted molar refractivity (Wildman–Crippen MR) is 66.8 cm³/mol. The average molecular weight is 261 g/mol. The molecule has 5 heteroatoms. The Hall–Kier alpha value is -0.510. The van der Waals surface area contributed by atoms with Crippen molar-refractivity contribution in [3.63, 3.8) is 0 Å². The summed E-state index contributed by atoms with van der Waals surface area (Å²) in [5.41, 5.74) is 2.72. The van der Waals surface area contributed by atoms with E-state index < -0.39 is 0 Å². The monoisotopic (exact) mass is 260 g/mol. The van der Waals surface area contributed by atoms with Gasteiger partial charge in [0.2, 0.25) is 0 Å². The molecule has 0 radical (unpaired) electrons. The molecule has 1 fully saturated rings. The average Bonchev–Trinajstić information content (AvgIpc) is 2.28. The summed E-state index contributed by atoms with van der Waals surface area (Å²) in [5.74, 6) is 0. The topological polar surface area (TPSA) is 25.4 Å². The smallest absolute Gasteiger partial charge is 0.154 e. The summed E-state index contributed by atoms with van der Waals surface area (Å²) >= 11 is 12.5. The van der Waals surface area contributed by atoms with E-state index in [1.165, 1.54) is 0 Å². The number of anilines is 1. The molecular weight excluding hydrogens is 247 g/mol. The Kier molecular flexibility index (Phi) is 3.57. The summed E-state index contributed by atoms with van der Waals surface area (Å²) in [4.78, 5) is 6.44. The summed E-state index contributed by atoms with van der Waals surface area (Å²) in [6.07, 6.45) is 0. The first-order valence-electron chi connectivity index (χ1n) is 5.26. The highest BCUT2D eigenvalue weighted by molar-refractivity contribution is 6.39. The van der Waals surface area contributed by atoms with Gasteiger partial charge in [0, 0.05) is 18.8 Å². The van der Waals surface area contributed by atoms with Gasteiger partial charge in [-0.3, -0.25) is 0 Å². The lowest BCUT2D eigenvalue weighted by molar-refractivity contribution is 0.122. The third kappa shape index (κ3) is 2.12. The van der Waals surface area contributed by atoms with E-state index in [1.54, 1.807) is 0 Å². The lowest BCUT2D eigenvalue weighted by Crippen LogP contribution is -2.36. The Morgan fingerprint density at radius 1 is 1.19 bits per heavy atom. The molecule has 2 heterocycles. The van der Waals surface area contributed by atoms with Crippen LogP contribution in [0.1, 0.15) is 11.3 Å². The molecule has 0 spiro atoms. The van der Waals surface area contributed by atoms with E-state index in [1.807, 2.05) is 13.8 Å². The van der Waals surface area contributed by atoms with Crippen LogP contribution in [0.15, 0.2) is 0 Å². The maximum Gasteiger partial charge on any atom is 0.154 e. The Balaban J connectivity index is 2.42. The van der Waals surface area contributed by atoms with Crippen molar-refractivity contribution in [1.29, 1.82) is 0 Å². The molecule has 0 atom stereocenters. The lowest BCUT2D eigenvalue weighted by atomic mass is 10.2. The van der Waals surface area contributed by atoms with E-state index in [-0.39, 0.29) is 0 Å². The van der Waals surface area contributed by atoms with Crippen LogP contribution in [0.3, 0.4) is 0 Å². The standard InChI is InChI=1S/C11H14Cl2N2O/c1-7-8(2)14-11(13)10(9(7)12)15-3-5-16-6-4-15/h3-6H2,1-2H3. The van der Waals surface area contributed by atoms with Crippen LogP contribution in [-0.2, 0) is 4.74 Å². The van der Waals surface area contributed by atoms with Crippen LogP contribution in [0.5, 0.6) is 0 Å². The van der Waals surface area contributed by atoms with E-state index in [0.717, 1.165) is 30.0 Å². The Morgan fingerprint density at radius 3 is 2.44 bits per heavy atom. The van der Waals surface area contributed by atoms with Crippen molar-refractivity contribution in [3.05, 3.63) is 21.4 Å². The number of aryl methyl sites for hydroxylation is 1. The van der Waals surface area contributed by atoms with Gasteiger partial charge in [-0.25, -0.2) is 4.98 Å². The summed E-state index contributed by atoms with van der Waals surface area (Å²) in [5, 5.41) is 1.19. The van der Waals surface area contributed by atoms with Gasteiger partial charge < -0.3 is 9.64 Å². The van der Waals surface area contributed by atoms with Gasteiger partial charge in [-0.05, 0) is 19.4 Å². The molecule has 0 N–H and O–H groups in total. The molecule has 88 valence electrons. The number of hydrogen-bond acceptors (Lipinski definition) is 3. The number of halogens is 2. The molecule has 1 aromatic heterocycles. The van der Waals surface area contributed by atoms with Crippen LogP contribution in [0, 0.1) is 13.8 Å². The molecular formula is C11H14Cl2N2O. The molecule has 1 aromatic rings. The van der Waals surface area contributed by atoms with Crippen molar-refractivity contribution < 1.29 is 4.74 Å². The lowest BCUT2D eigenvalue weighted by Gasteiger charge is -2.30. The highest BCUT2D eigenvalue weighted by atomic mass is 35.5. The van der Waals surface area contributed by atoms with Gasteiger partial charge in [0.05, 0.1) is 23.9 Å². The van der Waals surface area contributed by atoms with E-state index in [0.29, 0.717) is 23.4 Å². The van der Waals surface area contributed by atoms with Crippen molar-refractivity contribution in [3.8, 4) is 0 Å². The number of hydrogen-bond donors (Lipinski definition) is 0. The summed E-state index contributed by atoms with van der Waals surface area (Å²) in [6, 6.07) is 0. The van der Waals surface area contributed by atoms with Gasteiger partial charge in [0.25, 0.3) is 0 Å². The number of morpholine rings is 1. The van der Waals surface area contributed by atoms with Crippen LogP contribution >= 0.6 is 23.2 Å². The first-order valence-corrected chi connectivity index (χ1v) is 6.01. The van der Waals surface area contributed by atoms with Crippen LogP contribution < -0.4 is 4.90 Å². The van der Waals surface area contributed by atoms with E-state index in [9.17, 15) is 0 Å². The van der Waals surface area contributed by atoms with Crippen molar-refractivity contribution in [2.45, 2.75) is 13.8 Å². The van der Waals surface area contributed by atoms with Gasteiger partial charge >= 0.3 is 0 Å². The fourth-order valence-corrected chi connectivity index (χ4v) is 2.50. The molecule has 0 amide bonds. The summed E-state index contributed by atoms with van der Waals surface area (Å²) in [6.45, 7) is 6.91. The second-order valence-electron chi connectivity index (χ2n) is 3.88. The molecule has 0 aromatic carbocycles. The van der Waals surface area contributed by atoms with Crippen LogP contribution in [-0.4, -0.2) is 31.3 Å². The number of pyridine rings is 1. The minimum Gasteiger partial charge on any atom is -0.378 e. The highest BCUT2D eigenvalue weighted by Gasteiger charge is 2.20. The molecule has 0 saturated carbocycles. The summed E-state index contributed by atoms with van der Waals surface area (Å²) in [7, 11) is 0. The highest BCUT2D eigenvalue weighted by Crippen LogP contribution is 2.36.